The standard InChI is InChI=1S/C23H24N6O3/c1-14-13-29-20(22(31)25-14)11-19(27-29)23(32)28-8-6-16(7-9-28)26-21(30)10-15-12-24-18-5-3-2-4-17(15)18/h2-5,11-13,16,24H,6-10H2,1H3,(H,25,31)(H,26,30). The quantitative estimate of drug-likeness (QED) is 0.456. The maximum absolute atomic E-state index is 12.9. The van der Waals surface area contributed by atoms with E-state index in [0.29, 0.717) is 43.6 Å². The Balaban J connectivity index is 1.19. The van der Waals surface area contributed by atoms with E-state index < -0.39 is 0 Å². The Bertz CT molecular complexity index is 1370. The molecule has 2 amide bonds. The van der Waals surface area contributed by atoms with Gasteiger partial charge in [0, 0.05) is 54.2 Å². The molecule has 0 spiro atoms. The summed E-state index contributed by atoms with van der Waals surface area (Å²) in [4.78, 5) is 45.1. The smallest absolute Gasteiger partial charge is 0.274 e. The zero-order chi connectivity index (χ0) is 22.2. The van der Waals surface area contributed by atoms with Crippen LogP contribution in [0.4, 0.5) is 0 Å². The van der Waals surface area contributed by atoms with Crippen molar-refractivity contribution in [3.05, 3.63) is 70.0 Å². The van der Waals surface area contributed by atoms with Crippen molar-refractivity contribution in [1.29, 1.82) is 0 Å². The second kappa shape index (κ2) is 7.99. The number of rotatable bonds is 4. The fourth-order valence-electron chi connectivity index (χ4n) is 4.34. The van der Waals surface area contributed by atoms with Gasteiger partial charge in [-0.05, 0) is 31.4 Å². The van der Waals surface area contributed by atoms with E-state index in [9.17, 15) is 14.4 Å². The highest BCUT2D eigenvalue weighted by Gasteiger charge is 2.26. The molecule has 1 aliphatic heterocycles. The fourth-order valence-corrected chi connectivity index (χ4v) is 4.34. The van der Waals surface area contributed by atoms with Gasteiger partial charge >= 0.3 is 0 Å². The van der Waals surface area contributed by atoms with Crippen molar-refractivity contribution < 1.29 is 9.59 Å². The van der Waals surface area contributed by atoms with Gasteiger partial charge < -0.3 is 20.2 Å². The molecule has 4 aromatic rings. The number of aromatic amines is 2. The lowest BCUT2D eigenvalue weighted by molar-refractivity contribution is -0.121. The van der Waals surface area contributed by atoms with E-state index in [4.69, 9.17) is 0 Å². The first-order valence-electron chi connectivity index (χ1n) is 10.7. The summed E-state index contributed by atoms with van der Waals surface area (Å²) in [6.07, 6.45) is 5.24. The van der Waals surface area contributed by atoms with E-state index in [-0.39, 0.29) is 29.1 Å². The van der Waals surface area contributed by atoms with E-state index in [1.54, 1.807) is 18.0 Å². The van der Waals surface area contributed by atoms with Crippen molar-refractivity contribution >= 4 is 28.2 Å². The first kappa shape index (κ1) is 20.0. The third-order valence-corrected chi connectivity index (χ3v) is 5.99. The molecule has 0 bridgehead atoms. The van der Waals surface area contributed by atoms with E-state index in [0.717, 1.165) is 16.5 Å². The predicted molar refractivity (Wildman–Crippen MR) is 120 cm³/mol. The molecule has 3 N–H and O–H groups in total. The van der Waals surface area contributed by atoms with Crippen LogP contribution in [0.15, 0.2) is 47.5 Å². The summed E-state index contributed by atoms with van der Waals surface area (Å²) in [7, 11) is 0. The van der Waals surface area contributed by atoms with Crippen molar-refractivity contribution in [3.8, 4) is 0 Å². The molecule has 9 nitrogen and oxygen atoms in total. The number of amides is 2. The van der Waals surface area contributed by atoms with Crippen LogP contribution in [0.5, 0.6) is 0 Å². The Morgan fingerprint density at radius 2 is 2.00 bits per heavy atom. The average molecular weight is 432 g/mol. The van der Waals surface area contributed by atoms with Gasteiger partial charge in [-0.25, -0.2) is 4.52 Å². The molecule has 4 heterocycles. The molecule has 0 saturated carbocycles. The minimum atomic E-state index is -0.270. The molecule has 0 aliphatic carbocycles. The van der Waals surface area contributed by atoms with Crippen molar-refractivity contribution in [1.82, 2.24) is 29.8 Å². The summed E-state index contributed by atoms with van der Waals surface area (Å²) >= 11 is 0. The molecule has 1 saturated heterocycles. The Morgan fingerprint density at radius 1 is 1.22 bits per heavy atom. The SMILES string of the molecule is Cc1cn2nc(C(=O)N3CCC(NC(=O)Cc4c[nH]c5ccccc45)CC3)cc2c(=O)[nH]1. The van der Waals surface area contributed by atoms with Gasteiger partial charge in [0.25, 0.3) is 11.5 Å². The van der Waals surface area contributed by atoms with Crippen molar-refractivity contribution in [2.45, 2.75) is 32.2 Å². The molecule has 0 unspecified atom stereocenters. The number of para-hydroxylation sites is 1. The Kier molecular flexibility index (Phi) is 5.01. The number of H-pyrrole nitrogens is 2. The largest absolute Gasteiger partial charge is 0.361 e. The van der Waals surface area contributed by atoms with Crippen LogP contribution >= 0.6 is 0 Å². The Labute approximate surface area is 183 Å². The van der Waals surface area contributed by atoms with Gasteiger partial charge in [-0.3, -0.25) is 14.4 Å². The molecule has 1 fully saturated rings. The lowest BCUT2D eigenvalue weighted by atomic mass is 10.0. The first-order chi connectivity index (χ1) is 15.5. The Morgan fingerprint density at radius 3 is 2.81 bits per heavy atom. The summed E-state index contributed by atoms with van der Waals surface area (Å²) in [5.41, 5.74) is 3.00. The normalized spacial score (nSPS) is 14.8. The van der Waals surface area contributed by atoms with E-state index >= 15 is 0 Å². The molecule has 0 radical (unpaired) electrons. The molecule has 164 valence electrons. The zero-order valence-corrected chi connectivity index (χ0v) is 17.7. The summed E-state index contributed by atoms with van der Waals surface area (Å²) < 4.78 is 1.44. The van der Waals surface area contributed by atoms with E-state index in [1.807, 2.05) is 30.5 Å². The zero-order valence-electron chi connectivity index (χ0n) is 17.7. The number of piperidine rings is 1. The molecular weight excluding hydrogens is 408 g/mol. The number of carbonyl (C=O) groups is 2. The third-order valence-electron chi connectivity index (χ3n) is 5.99. The number of aromatic nitrogens is 4. The fraction of sp³-hybridized carbons (Fsp3) is 0.304. The van der Waals surface area contributed by atoms with Crippen LogP contribution in [0, 0.1) is 6.92 Å². The summed E-state index contributed by atoms with van der Waals surface area (Å²) in [5.74, 6) is -0.219. The topological polar surface area (TPSA) is 115 Å². The van der Waals surface area contributed by atoms with Gasteiger partial charge in [-0.2, -0.15) is 5.10 Å². The molecule has 32 heavy (non-hydrogen) atoms. The van der Waals surface area contributed by atoms with Gasteiger partial charge in [-0.1, -0.05) is 18.2 Å². The number of nitrogens with zero attached hydrogens (tertiary/aromatic N) is 3. The molecule has 1 aromatic carbocycles. The lowest BCUT2D eigenvalue weighted by Gasteiger charge is -2.32. The first-order valence-corrected chi connectivity index (χ1v) is 10.7. The van der Waals surface area contributed by atoms with Crippen LogP contribution in [0.25, 0.3) is 16.4 Å². The number of aryl methyl sites for hydroxylation is 1. The summed E-state index contributed by atoms with van der Waals surface area (Å²) in [6, 6.07) is 9.48. The number of likely N-dealkylation sites (tertiary alicyclic amines) is 1. The third kappa shape index (κ3) is 3.77. The number of benzene rings is 1. The van der Waals surface area contributed by atoms with Crippen LogP contribution in [0.2, 0.25) is 0 Å². The minimum absolute atomic E-state index is 0.0190. The van der Waals surface area contributed by atoms with Gasteiger partial charge in [0.1, 0.15) is 5.52 Å². The van der Waals surface area contributed by atoms with Crippen molar-refractivity contribution in [2.24, 2.45) is 0 Å². The average Bonchev–Trinajstić information content (AvgIpc) is 3.38. The van der Waals surface area contributed by atoms with Gasteiger partial charge in [0.2, 0.25) is 5.91 Å². The monoisotopic (exact) mass is 432 g/mol. The maximum atomic E-state index is 12.9. The number of nitrogens with one attached hydrogen (secondary N) is 3. The van der Waals surface area contributed by atoms with Crippen LogP contribution in [0.1, 0.15) is 34.6 Å². The van der Waals surface area contributed by atoms with Crippen LogP contribution in [-0.2, 0) is 11.2 Å². The van der Waals surface area contributed by atoms with Crippen molar-refractivity contribution in [2.75, 3.05) is 13.1 Å². The number of carbonyl (C=O) groups excluding carboxylic acids is 2. The van der Waals surface area contributed by atoms with Crippen LogP contribution in [0.3, 0.4) is 0 Å². The summed E-state index contributed by atoms with van der Waals surface area (Å²) in [5, 5.41) is 8.44. The van der Waals surface area contributed by atoms with Gasteiger partial charge in [-0.15, -0.1) is 0 Å². The molecule has 9 heteroatoms. The molecule has 0 atom stereocenters. The second-order valence-corrected chi connectivity index (χ2v) is 8.30. The summed E-state index contributed by atoms with van der Waals surface area (Å²) in [6.45, 7) is 2.82. The molecular formula is C23H24N6O3. The number of fused-ring (bicyclic) bond motifs is 2. The van der Waals surface area contributed by atoms with Gasteiger partial charge in [0.05, 0.1) is 6.42 Å². The highest BCUT2D eigenvalue weighted by Crippen LogP contribution is 2.19. The predicted octanol–water partition coefficient (Wildman–Crippen LogP) is 1.78. The molecule has 1 aliphatic rings. The highest BCUT2D eigenvalue weighted by atomic mass is 16.2. The number of hydrogen-bond acceptors (Lipinski definition) is 4. The van der Waals surface area contributed by atoms with Crippen LogP contribution < -0.4 is 10.9 Å². The second-order valence-electron chi connectivity index (χ2n) is 8.30. The molecule has 5 rings (SSSR count). The van der Waals surface area contributed by atoms with E-state index in [2.05, 4.69) is 20.4 Å². The van der Waals surface area contributed by atoms with Crippen molar-refractivity contribution in [3.63, 3.8) is 0 Å². The number of hydrogen-bond donors (Lipinski definition) is 3. The lowest BCUT2D eigenvalue weighted by Crippen LogP contribution is -2.47. The highest BCUT2D eigenvalue weighted by molar-refractivity contribution is 5.93. The van der Waals surface area contributed by atoms with E-state index in [1.165, 1.54) is 10.6 Å². The van der Waals surface area contributed by atoms with Crippen LogP contribution in [-0.4, -0.2) is 55.4 Å². The minimum Gasteiger partial charge on any atom is -0.361 e. The Hall–Kier alpha value is -3.88. The molecule has 3 aromatic heterocycles. The maximum Gasteiger partial charge on any atom is 0.274 e. The van der Waals surface area contributed by atoms with Gasteiger partial charge in [0.15, 0.2) is 5.69 Å².